The molecule has 0 radical (unpaired) electrons. The minimum atomic E-state index is -0.117. The molecule has 136 valence electrons. The van der Waals surface area contributed by atoms with Crippen molar-refractivity contribution >= 4 is 5.96 Å². The van der Waals surface area contributed by atoms with Crippen LogP contribution in [0.4, 0.5) is 4.39 Å². The van der Waals surface area contributed by atoms with Crippen LogP contribution < -0.4 is 15.4 Å². The molecular formula is C21H24FN3O. The molecule has 26 heavy (non-hydrogen) atoms. The van der Waals surface area contributed by atoms with E-state index in [1.807, 2.05) is 30.3 Å². The second kappa shape index (κ2) is 6.98. The lowest BCUT2D eigenvalue weighted by Crippen LogP contribution is -2.43. The first-order chi connectivity index (χ1) is 12.7. The number of hydrogen-bond donors (Lipinski definition) is 2. The van der Waals surface area contributed by atoms with E-state index in [1.165, 1.54) is 0 Å². The summed E-state index contributed by atoms with van der Waals surface area (Å²) in [5.74, 6) is 1.55. The summed E-state index contributed by atoms with van der Waals surface area (Å²) >= 11 is 0. The zero-order chi connectivity index (χ0) is 18.0. The zero-order valence-electron chi connectivity index (χ0n) is 15.0. The van der Waals surface area contributed by atoms with Crippen molar-refractivity contribution in [2.45, 2.75) is 30.7 Å². The van der Waals surface area contributed by atoms with Crippen LogP contribution in [0.2, 0.25) is 0 Å². The largest absolute Gasteiger partial charge is 0.493 e. The van der Waals surface area contributed by atoms with Gasteiger partial charge in [0.25, 0.3) is 0 Å². The van der Waals surface area contributed by atoms with Crippen LogP contribution in [-0.4, -0.2) is 26.2 Å². The van der Waals surface area contributed by atoms with Crippen molar-refractivity contribution in [3.8, 4) is 5.75 Å². The van der Waals surface area contributed by atoms with Crippen LogP contribution >= 0.6 is 0 Å². The van der Waals surface area contributed by atoms with Crippen molar-refractivity contribution in [3.05, 3.63) is 65.5 Å². The van der Waals surface area contributed by atoms with Crippen LogP contribution in [0.1, 0.15) is 36.4 Å². The first-order valence-electron chi connectivity index (χ1n) is 9.16. The molecule has 1 fully saturated rings. The Balaban J connectivity index is 1.43. The van der Waals surface area contributed by atoms with E-state index in [0.717, 1.165) is 42.1 Å². The van der Waals surface area contributed by atoms with Crippen molar-refractivity contribution in [3.63, 3.8) is 0 Å². The number of nitrogens with one attached hydrogen (secondary N) is 2. The summed E-state index contributed by atoms with van der Waals surface area (Å²) in [6.07, 6.45) is 2.88. The molecule has 4 nitrogen and oxygen atoms in total. The number of halogens is 1. The maximum absolute atomic E-state index is 14.2. The van der Waals surface area contributed by atoms with E-state index in [4.69, 9.17) is 4.74 Å². The highest BCUT2D eigenvalue weighted by atomic mass is 19.1. The topological polar surface area (TPSA) is 45.7 Å². The number of rotatable bonds is 4. The third-order valence-electron chi connectivity index (χ3n) is 5.39. The highest BCUT2D eigenvalue weighted by Gasteiger charge is 2.45. The Morgan fingerprint density at radius 1 is 1.19 bits per heavy atom. The van der Waals surface area contributed by atoms with E-state index in [0.29, 0.717) is 13.2 Å². The van der Waals surface area contributed by atoms with Gasteiger partial charge in [0.2, 0.25) is 0 Å². The van der Waals surface area contributed by atoms with Crippen LogP contribution in [-0.2, 0) is 5.41 Å². The predicted octanol–water partition coefficient (Wildman–Crippen LogP) is 3.55. The molecule has 2 aromatic carbocycles. The molecule has 1 aliphatic carbocycles. The van der Waals surface area contributed by atoms with Crippen LogP contribution in [0.25, 0.3) is 0 Å². The van der Waals surface area contributed by atoms with Gasteiger partial charge in [0.1, 0.15) is 11.6 Å². The Hall–Kier alpha value is -2.56. The summed E-state index contributed by atoms with van der Waals surface area (Å²) < 4.78 is 19.9. The third-order valence-corrected chi connectivity index (χ3v) is 5.39. The van der Waals surface area contributed by atoms with Crippen LogP contribution in [0, 0.1) is 5.82 Å². The lowest BCUT2D eigenvalue weighted by Gasteiger charge is -2.28. The van der Waals surface area contributed by atoms with E-state index in [-0.39, 0.29) is 17.3 Å². The summed E-state index contributed by atoms with van der Waals surface area (Å²) in [5.41, 5.74) is 1.84. The minimum absolute atomic E-state index is 0.115. The summed E-state index contributed by atoms with van der Waals surface area (Å²) in [6, 6.07) is 15.3. The van der Waals surface area contributed by atoms with E-state index in [1.54, 1.807) is 19.2 Å². The molecule has 2 N–H and O–H groups in total. The fraction of sp³-hybridized carbons (Fsp3) is 0.381. The maximum atomic E-state index is 14.2. The molecule has 0 aromatic heterocycles. The summed E-state index contributed by atoms with van der Waals surface area (Å²) in [4.78, 5) is 4.36. The second-order valence-electron chi connectivity index (χ2n) is 7.06. The molecule has 1 aliphatic heterocycles. The van der Waals surface area contributed by atoms with Gasteiger partial charge in [-0.3, -0.25) is 4.99 Å². The third kappa shape index (κ3) is 3.26. The second-order valence-corrected chi connectivity index (χ2v) is 7.06. The normalized spacial score (nSPS) is 20.7. The Bertz CT molecular complexity index is 816. The number of fused-ring (bicyclic) bond motifs is 1. The minimum Gasteiger partial charge on any atom is -0.493 e. The van der Waals surface area contributed by atoms with Crippen LogP contribution in [0.5, 0.6) is 5.75 Å². The molecule has 1 heterocycles. The van der Waals surface area contributed by atoms with E-state index in [9.17, 15) is 4.39 Å². The van der Waals surface area contributed by atoms with Crippen molar-refractivity contribution < 1.29 is 9.13 Å². The van der Waals surface area contributed by atoms with E-state index in [2.05, 4.69) is 21.7 Å². The van der Waals surface area contributed by atoms with E-state index >= 15 is 0 Å². The maximum Gasteiger partial charge on any atom is 0.191 e. The molecule has 2 aromatic rings. The van der Waals surface area contributed by atoms with Crippen molar-refractivity contribution in [1.82, 2.24) is 10.6 Å². The number of nitrogens with zero attached hydrogens (tertiary/aromatic N) is 1. The van der Waals surface area contributed by atoms with Gasteiger partial charge in [-0.2, -0.15) is 0 Å². The molecule has 4 rings (SSSR count). The molecule has 0 bridgehead atoms. The van der Waals surface area contributed by atoms with Gasteiger partial charge in [-0.15, -0.1) is 0 Å². The molecular weight excluding hydrogens is 329 g/mol. The number of hydrogen-bond acceptors (Lipinski definition) is 2. The van der Waals surface area contributed by atoms with Crippen molar-refractivity contribution in [2.24, 2.45) is 4.99 Å². The first-order valence-corrected chi connectivity index (χ1v) is 9.16. The fourth-order valence-electron chi connectivity index (χ4n) is 3.69. The first kappa shape index (κ1) is 16.9. The molecule has 1 unspecified atom stereocenters. The highest BCUT2D eigenvalue weighted by molar-refractivity contribution is 5.80. The summed E-state index contributed by atoms with van der Waals surface area (Å²) in [6.45, 7) is 1.36. The number of para-hydroxylation sites is 1. The highest BCUT2D eigenvalue weighted by Crippen LogP contribution is 2.48. The zero-order valence-corrected chi connectivity index (χ0v) is 15.0. The molecule has 0 amide bonds. The van der Waals surface area contributed by atoms with Gasteiger partial charge in [0.15, 0.2) is 5.96 Å². The average molecular weight is 353 g/mol. The molecule has 0 spiro atoms. The van der Waals surface area contributed by atoms with Gasteiger partial charge in [0, 0.05) is 31.0 Å². The van der Waals surface area contributed by atoms with Crippen LogP contribution in [0.3, 0.4) is 0 Å². The molecule has 2 aliphatic rings. The van der Waals surface area contributed by atoms with Crippen LogP contribution in [0.15, 0.2) is 53.5 Å². The summed E-state index contributed by atoms with van der Waals surface area (Å²) in [7, 11) is 1.77. The average Bonchev–Trinajstić information content (AvgIpc) is 3.46. The lowest BCUT2D eigenvalue weighted by molar-refractivity contribution is 0.261. The standard InChI is InChI=1S/C21H24FN3O/c1-23-20(25-18-10-13-26-19-9-5-2-6-15(18)19)24-14-21(11-12-21)16-7-3-4-8-17(16)22/h2-9,18H,10-14H2,1H3,(H2,23,24,25). The van der Waals surface area contributed by atoms with Gasteiger partial charge >= 0.3 is 0 Å². The number of benzene rings is 2. The van der Waals surface area contributed by atoms with Crippen molar-refractivity contribution in [2.75, 3.05) is 20.2 Å². The van der Waals surface area contributed by atoms with Gasteiger partial charge in [0.05, 0.1) is 12.6 Å². The predicted molar refractivity (Wildman–Crippen MR) is 101 cm³/mol. The van der Waals surface area contributed by atoms with Gasteiger partial charge < -0.3 is 15.4 Å². The fourth-order valence-corrected chi connectivity index (χ4v) is 3.69. The quantitative estimate of drug-likeness (QED) is 0.653. The lowest BCUT2D eigenvalue weighted by atomic mass is 9.95. The van der Waals surface area contributed by atoms with E-state index < -0.39 is 0 Å². The molecule has 1 atom stereocenters. The molecule has 5 heteroatoms. The van der Waals surface area contributed by atoms with Gasteiger partial charge in [-0.1, -0.05) is 36.4 Å². The SMILES string of the molecule is CN=C(NCC1(c2ccccc2F)CC1)NC1CCOc2ccccc21. The molecule has 0 saturated heterocycles. The Morgan fingerprint density at radius 2 is 1.96 bits per heavy atom. The smallest absolute Gasteiger partial charge is 0.191 e. The van der Waals surface area contributed by atoms with Crippen molar-refractivity contribution in [1.29, 1.82) is 0 Å². The Labute approximate surface area is 153 Å². The Kier molecular flexibility index (Phi) is 4.53. The summed E-state index contributed by atoms with van der Waals surface area (Å²) in [5, 5.41) is 6.90. The van der Waals surface area contributed by atoms with Gasteiger partial charge in [-0.05, 0) is 30.5 Å². The number of guanidine groups is 1. The number of aliphatic imine (C=N–C) groups is 1. The van der Waals surface area contributed by atoms with Gasteiger partial charge in [-0.25, -0.2) is 4.39 Å². The molecule has 1 saturated carbocycles. The number of ether oxygens (including phenoxy) is 1. The Morgan fingerprint density at radius 3 is 2.73 bits per heavy atom. The monoisotopic (exact) mass is 353 g/mol.